The van der Waals surface area contributed by atoms with E-state index in [1.54, 1.807) is 30.5 Å². The topological polar surface area (TPSA) is 80.4 Å². The number of aromatic carboxylic acids is 1. The fraction of sp³-hybridized carbons (Fsp3) is 0.143. The van der Waals surface area contributed by atoms with Crippen LogP contribution in [0.3, 0.4) is 0 Å². The molecule has 6 heteroatoms. The minimum Gasteiger partial charge on any atom is -0.477 e. The molecule has 0 saturated heterocycles. The smallest absolute Gasteiger partial charge is 0.354 e. The highest BCUT2D eigenvalue weighted by Crippen LogP contribution is 2.20. The van der Waals surface area contributed by atoms with Crippen LogP contribution >= 0.6 is 0 Å². The third-order valence-corrected chi connectivity index (χ3v) is 3.08. The van der Waals surface area contributed by atoms with Crippen LogP contribution in [-0.4, -0.2) is 30.4 Å². The summed E-state index contributed by atoms with van der Waals surface area (Å²) >= 11 is 0. The molecule has 0 atom stereocenters. The van der Waals surface area contributed by atoms with Crippen molar-refractivity contribution in [3.8, 4) is 11.4 Å². The van der Waals surface area contributed by atoms with Gasteiger partial charge >= 0.3 is 5.97 Å². The second-order valence-corrected chi connectivity index (χ2v) is 4.45. The normalized spacial score (nSPS) is 10.9. The zero-order chi connectivity index (χ0) is 14.3. The summed E-state index contributed by atoms with van der Waals surface area (Å²) in [5.74, 6) is -0.438. The average Bonchev–Trinajstić information content (AvgIpc) is 2.76. The Kier molecular flexibility index (Phi) is 2.71. The highest BCUT2D eigenvalue weighted by molar-refractivity contribution is 5.88. The van der Waals surface area contributed by atoms with Crippen LogP contribution < -0.4 is 0 Å². The van der Waals surface area contributed by atoms with Crippen molar-refractivity contribution in [1.82, 2.24) is 19.4 Å². The van der Waals surface area contributed by atoms with Gasteiger partial charge in [-0.2, -0.15) is 0 Å². The molecule has 0 bridgehead atoms. The highest BCUT2D eigenvalue weighted by atomic mass is 16.4. The maximum absolute atomic E-state index is 11.3. The van der Waals surface area contributed by atoms with E-state index in [4.69, 9.17) is 0 Å². The van der Waals surface area contributed by atoms with Crippen LogP contribution in [0.4, 0.5) is 0 Å². The monoisotopic (exact) mass is 268 g/mol. The van der Waals surface area contributed by atoms with Crippen molar-refractivity contribution < 1.29 is 9.90 Å². The van der Waals surface area contributed by atoms with Crippen LogP contribution in [0.25, 0.3) is 17.0 Å². The van der Waals surface area contributed by atoms with Crippen molar-refractivity contribution >= 4 is 11.6 Å². The molecule has 1 N–H and O–H groups in total. The number of carboxylic acids is 1. The van der Waals surface area contributed by atoms with Gasteiger partial charge < -0.3 is 5.11 Å². The Hall–Kier alpha value is -2.76. The Balaban J connectivity index is 2.29. The third-order valence-electron chi connectivity index (χ3n) is 3.08. The van der Waals surface area contributed by atoms with E-state index in [9.17, 15) is 9.90 Å². The highest BCUT2D eigenvalue weighted by Gasteiger charge is 2.18. The molecular formula is C14H12N4O2. The Morgan fingerprint density at radius 1 is 1.20 bits per heavy atom. The van der Waals surface area contributed by atoms with Crippen LogP contribution in [0.15, 0.2) is 30.5 Å². The zero-order valence-corrected chi connectivity index (χ0v) is 11.0. The van der Waals surface area contributed by atoms with Gasteiger partial charge in [0.15, 0.2) is 5.69 Å². The Morgan fingerprint density at radius 3 is 2.65 bits per heavy atom. The molecule has 0 unspecified atom stereocenters. The van der Waals surface area contributed by atoms with Crippen molar-refractivity contribution in [2.45, 2.75) is 13.8 Å². The number of hydrogen-bond acceptors (Lipinski definition) is 4. The van der Waals surface area contributed by atoms with Crippen molar-refractivity contribution in [2.75, 3.05) is 0 Å². The molecule has 0 aliphatic rings. The lowest BCUT2D eigenvalue weighted by atomic mass is 10.2. The number of hydrogen-bond donors (Lipinski definition) is 1. The molecule has 0 saturated carbocycles. The predicted molar refractivity (Wildman–Crippen MR) is 72.7 cm³/mol. The first-order chi connectivity index (χ1) is 9.58. The maximum atomic E-state index is 11.3. The van der Waals surface area contributed by atoms with Gasteiger partial charge in [-0.15, -0.1) is 0 Å². The fourth-order valence-corrected chi connectivity index (χ4v) is 2.25. The van der Waals surface area contributed by atoms with Gasteiger partial charge in [-0.1, -0.05) is 6.07 Å². The number of carboxylic acid groups (broad SMARTS) is 1. The van der Waals surface area contributed by atoms with Gasteiger partial charge in [0.2, 0.25) is 0 Å². The number of aryl methyl sites for hydroxylation is 2. The average molecular weight is 268 g/mol. The van der Waals surface area contributed by atoms with Gasteiger partial charge in [0.05, 0.1) is 17.1 Å². The summed E-state index contributed by atoms with van der Waals surface area (Å²) < 4.78 is 1.55. The number of fused-ring (bicyclic) bond motifs is 1. The lowest BCUT2D eigenvalue weighted by Gasteiger charge is -2.05. The van der Waals surface area contributed by atoms with E-state index in [0.29, 0.717) is 22.9 Å². The molecule has 0 radical (unpaired) electrons. The lowest BCUT2D eigenvalue weighted by Crippen LogP contribution is -2.07. The van der Waals surface area contributed by atoms with E-state index < -0.39 is 5.97 Å². The first-order valence-electron chi connectivity index (χ1n) is 6.09. The molecule has 0 aliphatic heterocycles. The van der Waals surface area contributed by atoms with Crippen molar-refractivity contribution in [2.24, 2.45) is 0 Å². The molecule has 3 heterocycles. The molecule has 0 spiro atoms. The zero-order valence-electron chi connectivity index (χ0n) is 11.0. The first-order valence-corrected chi connectivity index (χ1v) is 6.09. The summed E-state index contributed by atoms with van der Waals surface area (Å²) in [5, 5.41) is 9.26. The van der Waals surface area contributed by atoms with E-state index in [2.05, 4.69) is 15.0 Å². The second kappa shape index (κ2) is 4.41. The third kappa shape index (κ3) is 1.82. The molecule has 0 aliphatic carbocycles. The van der Waals surface area contributed by atoms with Crippen LogP contribution in [0.1, 0.15) is 22.0 Å². The largest absolute Gasteiger partial charge is 0.477 e. The van der Waals surface area contributed by atoms with E-state index >= 15 is 0 Å². The van der Waals surface area contributed by atoms with Crippen molar-refractivity contribution in [3.63, 3.8) is 0 Å². The van der Waals surface area contributed by atoms with Gasteiger partial charge in [0.1, 0.15) is 11.5 Å². The number of pyridine rings is 1. The van der Waals surface area contributed by atoms with E-state index in [1.807, 2.05) is 18.2 Å². The first kappa shape index (κ1) is 12.3. The van der Waals surface area contributed by atoms with E-state index in [0.717, 1.165) is 5.69 Å². The van der Waals surface area contributed by atoms with Crippen molar-refractivity contribution in [1.29, 1.82) is 0 Å². The van der Waals surface area contributed by atoms with Crippen LogP contribution in [-0.2, 0) is 0 Å². The van der Waals surface area contributed by atoms with Gasteiger partial charge in [0.25, 0.3) is 0 Å². The molecule has 0 aromatic carbocycles. The van der Waals surface area contributed by atoms with Gasteiger partial charge in [-0.3, -0.25) is 9.38 Å². The summed E-state index contributed by atoms with van der Waals surface area (Å²) in [6, 6.07) is 7.31. The van der Waals surface area contributed by atoms with Crippen LogP contribution in [0.2, 0.25) is 0 Å². The molecule has 0 fully saturated rings. The molecule has 20 heavy (non-hydrogen) atoms. The van der Waals surface area contributed by atoms with Gasteiger partial charge in [0, 0.05) is 12.3 Å². The fourth-order valence-electron chi connectivity index (χ4n) is 2.25. The van der Waals surface area contributed by atoms with Gasteiger partial charge in [-0.25, -0.2) is 14.8 Å². The van der Waals surface area contributed by atoms with Crippen LogP contribution in [0.5, 0.6) is 0 Å². The minimum absolute atomic E-state index is 0.151. The number of imidazole rings is 1. The quantitative estimate of drug-likeness (QED) is 0.769. The Bertz CT molecular complexity index is 809. The number of rotatable bonds is 2. The minimum atomic E-state index is -1.01. The van der Waals surface area contributed by atoms with Crippen LogP contribution in [0, 0.1) is 13.8 Å². The molecular weight excluding hydrogens is 256 g/mol. The second-order valence-electron chi connectivity index (χ2n) is 4.45. The number of aromatic nitrogens is 4. The molecule has 100 valence electrons. The number of nitrogens with zero attached hydrogens (tertiary/aromatic N) is 4. The SMILES string of the molecule is Cc1nc2cc(-c3ccccn3)nc(C)n2c1C(=O)O. The summed E-state index contributed by atoms with van der Waals surface area (Å²) in [5.41, 5.74) is 2.60. The van der Waals surface area contributed by atoms with Gasteiger partial charge in [-0.05, 0) is 26.0 Å². The lowest BCUT2D eigenvalue weighted by molar-refractivity contribution is 0.0688. The molecule has 0 amide bonds. The maximum Gasteiger partial charge on any atom is 0.354 e. The predicted octanol–water partition coefficient (Wildman–Crippen LogP) is 2.11. The van der Waals surface area contributed by atoms with E-state index in [1.165, 1.54) is 0 Å². The standard InChI is InChI=1S/C14H12N4O2/c1-8-13(14(19)20)18-9(2)17-11(7-12(18)16-8)10-5-3-4-6-15-10/h3-7H,1-2H3,(H,19,20). The molecule has 3 aromatic rings. The Labute approximate surface area is 114 Å². The Morgan fingerprint density at radius 2 is 2.00 bits per heavy atom. The molecule has 6 nitrogen and oxygen atoms in total. The molecule has 3 aromatic heterocycles. The summed E-state index contributed by atoms with van der Waals surface area (Å²) in [6.07, 6.45) is 1.69. The summed E-state index contributed by atoms with van der Waals surface area (Å²) in [6.45, 7) is 3.43. The van der Waals surface area contributed by atoms with Crippen molar-refractivity contribution in [3.05, 3.63) is 47.7 Å². The summed E-state index contributed by atoms with van der Waals surface area (Å²) in [4.78, 5) is 24.3. The number of carbonyl (C=O) groups is 1. The molecule has 3 rings (SSSR count). The van der Waals surface area contributed by atoms with E-state index in [-0.39, 0.29) is 5.69 Å². The summed E-state index contributed by atoms with van der Waals surface area (Å²) in [7, 11) is 0.